The monoisotopic (exact) mass is 167 g/mol. The van der Waals surface area contributed by atoms with Gasteiger partial charge < -0.3 is 27.5 Å². The molecule has 2 aromatic heterocycles. The Hall–Kier alpha value is -1.43. The van der Waals surface area contributed by atoms with Gasteiger partial charge in [-0.2, -0.15) is 0 Å². The normalized spacial score (nSPS) is 10.5. The van der Waals surface area contributed by atoms with Gasteiger partial charge in [-0.1, -0.05) is 4.98 Å². The fourth-order valence-electron chi connectivity index (χ4n) is 0.853. The number of aromatic nitrogens is 4. The molecule has 11 heavy (non-hydrogen) atoms. The van der Waals surface area contributed by atoms with Gasteiger partial charge in [0, 0.05) is 0 Å². The first-order valence-corrected chi connectivity index (χ1v) is 3.32. The van der Waals surface area contributed by atoms with Crippen molar-refractivity contribution in [2.45, 2.75) is 0 Å². The molecule has 5 nitrogen and oxygen atoms in total. The van der Waals surface area contributed by atoms with Crippen molar-refractivity contribution in [2.75, 3.05) is 5.73 Å². The molecule has 0 aliphatic rings. The summed E-state index contributed by atoms with van der Waals surface area (Å²) in [5, 5.41) is 0. The predicted octanol–water partition coefficient (Wildman–Crippen LogP) is -0.862. The van der Waals surface area contributed by atoms with Crippen molar-refractivity contribution in [3.8, 4) is 0 Å². The van der Waals surface area contributed by atoms with E-state index >= 15 is 0 Å². The second kappa shape index (κ2) is 2.03. The third-order valence-corrected chi connectivity index (χ3v) is 1.69. The van der Waals surface area contributed by atoms with Gasteiger partial charge in [0.05, 0.1) is 6.33 Å². The van der Waals surface area contributed by atoms with Crippen LogP contribution < -0.4 is 9.71 Å². The molecule has 0 radical (unpaired) electrons. The quantitative estimate of drug-likeness (QED) is 0.395. The van der Waals surface area contributed by atoms with E-state index < -0.39 is 0 Å². The van der Waals surface area contributed by atoms with E-state index in [1.54, 1.807) is 0 Å². The molecule has 0 amide bonds. The lowest BCUT2D eigenvalue weighted by atomic mass is 10.5. The maximum atomic E-state index is 5.61. The third kappa shape index (κ3) is 0.795. The summed E-state index contributed by atoms with van der Waals surface area (Å²) in [6.07, 6.45) is 2.98. The molecule has 0 aromatic carbocycles. The lowest BCUT2D eigenvalue weighted by Gasteiger charge is -2.03. The lowest BCUT2D eigenvalue weighted by molar-refractivity contribution is -0.478. The van der Waals surface area contributed by atoms with Gasteiger partial charge in [-0.25, -0.2) is 4.98 Å². The van der Waals surface area contributed by atoms with Crippen LogP contribution >= 0.6 is 0 Å². The van der Waals surface area contributed by atoms with Gasteiger partial charge in [0.25, 0.3) is 5.65 Å². The largest absolute Gasteiger partial charge is 0.596 e. The fourth-order valence-corrected chi connectivity index (χ4v) is 0.991. The molecule has 2 heterocycles. The number of rotatable bonds is 0. The smallest absolute Gasteiger partial charge is 0.260 e. The van der Waals surface area contributed by atoms with Crippen molar-refractivity contribution in [3.05, 3.63) is 12.7 Å². The Morgan fingerprint density at radius 2 is 2.36 bits per heavy atom. The van der Waals surface area contributed by atoms with Gasteiger partial charge in [0.15, 0.2) is 5.52 Å². The number of hydrogen-bond donors (Lipinski definition) is 2. The summed E-state index contributed by atoms with van der Waals surface area (Å²) < 4.78 is 1.32. The van der Waals surface area contributed by atoms with E-state index in [1.807, 2.05) is 0 Å². The van der Waals surface area contributed by atoms with Gasteiger partial charge in [-0.3, -0.25) is 0 Å². The molecule has 0 aliphatic heterocycles. The number of fused-ring (bicyclic) bond motifs is 1. The van der Waals surface area contributed by atoms with Gasteiger partial charge in [0.2, 0.25) is 12.1 Å². The number of aromatic amines is 1. The highest BCUT2D eigenvalue weighted by atomic mass is 32.1. The van der Waals surface area contributed by atoms with Crippen molar-refractivity contribution in [2.24, 2.45) is 0 Å². The molecule has 56 valence electrons. The van der Waals surface area contributed by atoms with Gasteiger partial charge in [-0.15, -0.1) is 0 Å². The first-order valence-electron chi connectivity index (χ1n) is 2.96. The van der Waals surface area contributed by atoms with Crippen LogP contribution in [0.25, 0.3) is 11.2 Å². The molecule has 0 spiro atoms. The number of imidazole rings is 1. The summed E-state index contributed by atoms with van der Waals surface area (Å²) in [5.41, 5.74) is 6.88. The molecule has 3 N–H and O–H groups in total. The van der Waals surface area contributed by atoms with Crippen LogP contribution in [0.15, 0.2) is 12.7 Å². The predicted molar refractivity (Wildman–Crippen MR) is 41.3 cm³/mol. The molecule has 2 aromatic rings. The van der Waals surface area contributed by atoms with Crippen LogP contribution in [0.4, 0.5) is 5.82 Å². The van der Waals surface area contributed by atoms with Crippen LogP contribution in [0.3, 0.4) is 0 Å². The Morgan fingerprint density at radius 3 is 3.18 bits per heavy atom. The van der Waals surface area contributed by atoms with Gasteiger partial charge >= 0.3 is 0 Å². The summed E-state index contributed by atoms with van der Waals surface area (Å²) in [4.78, 5) is 10.7. The van der Waals surface area contributed by atoms with Crippen LogP contribution in [0, 0.1) is 0 Å². The average molecular weight is 167 g/mol. The average Bonchev–Trinajstić information content (AvgIpc) is 2.45. The summed E-state index contributed by atoms with van der Waals surface area (Å²) in [6.45, 7) is 0. The summed E-state index contributed by atoms with van der Waals surface area (Å²) in [5.74, 6) is 0.461. The lowest BCUT2D eigenvalue weighted by Crippen LogP contribution is -2.31. The second-order valence-electron chi connectivity index (χ2n) is 2.06. The molecular weight excluding hydrogens is 162 g/mol. The Balaban J connectivity index is 2.93. The molecule has 0 bridgehead atoms. The van der Waals surface area contributed by atoms with E-state index in [9.17, 15) is 0 Å². The molecule has 0 saturated carbocycles. The molecule has 0 saturated heterocycles. The van der Waals surface area contributed by atoms with E-state index in [2.05, 4.69) is 15.0 Å². The Morgan fingerprint density at radius 1 is 1.55 bits per heavy atom. The van der Waals surface area contributed by atoms with Crippen LogP contribution in [-0.4, -0.2) is 15.0 Å². The number of nitrogens with zero attached hydrogens (tertiary/aromatic N) is 3. The first kappa shape index (κ1) is 6.29. The number of H-pyrrole nitrogens is 1. The van der Waals surface area contributed by atoms with Crippen molar-refractivity contribution in [3.63, 3.8) is 0 Å². The zero-order valence-electron chi connectivity index (χ0n) is 5.48. The molecule has 0 atom stereocenters. The standard InChI is InChI=1S/C5H5N5S/c6-4-3-5(8-1-7-3)9-2-10(4)11/h1-2H,6H2,(H,7,8,9). The van der Waals surface area contributed by atoms with Gasteiger partial charge in [-0.05, 0) is 0 Å². The molecule has 0 aliphatic carbocycles. The number of anilines is 1. The zero-order valence-corrected chi connectivity index (χ0v) is 6.30. The SMILES string of the molecule is Nc1c2[nH]cnc2nc[n+]1[S-]. The molecule has 0 fully saturated rings. The second-order valence-corrected chi connectivity index (χ2v) is 2.45. The highest BCUT2D eigenvalue weighted by Crippen LogP contribution is 2.07. The molecular formula is C5H5N5S. The van der Waals surface area contributed by atoms with Crippen molar-refractivity contribution < 1.29 is 3.97 Å². The first-order chi connectivity index (χ1) is 5.29. The molecule has 6 heteroatoms. The maximum Gasteiger partial charge on any atom is 0.260 e. The number of nitrogens with one attached hydrogen (secondary N) is 1. The molecule has 0 unspecified atom stereocenters. The van der Waals surface area contributed by atoms with E-state index in [0.29, 0.717) is 17.0 Å². The van der Waals surface area contributed by atoms with E-state index in [4.69, 9.17) is 18.5 Å². The minimum atomic E-state index is 0.461. The number of hydrogen-bond acceptors (Lipinski definition) is 4. The fraction of sp³-hybridized carbons (Fsp3) is 0. The van der Waals surface area contributed by atoms with Crippen molar-refractivity contribution in [1.29, 1.82) is 0 Å². The maximum absolute atomic E-state index is 5.61. The topological polar surface area (TPSA) is 71.5 Å². The van der Waals surface area contributed by atoms with Crippen LogP contribution in [0.1, 0.15) is 0 Å². The Bertz CT molecular complexity index is 395. The minimum absolute atomic E-state index is 0.461. The van der Waals surface area contributed by atoms with Crippen LogP contribution in [0.2, 0.25) is 0 Å². The zero-order chi connectivity index (χ0) is 7.84. The van der Waals surface area contributed by atoms with E-state index in [-0.39, 0.29) is 0 Å². The molecule has 2 rings (SSSR count). The third-order valence-electron chi connectivity index (χ3n) is 1.40. The summed E-state index contributed by atoms with van der Waals surface area (Å²) in [7, 11) is 0. The Kier molecular flexibility index (Phi) is 1.16. The number of nitrogens with two attached hydrogens (primary N) is 1. The van der Waals surface area contributed by atoms with Crippen LogP contribution in [-0.2, 0) is 12.8 Å². The van der Waals surface area contributed by atoms with Crippen LogP contribution in [0.5, 0.6) is 0 Å². The minimum Gasteiger partial charge on any atom is -0.596 e. The van der Waals surface area contributed by atoms with Crippen molar-refractivity contribution in [1.82, 2.24) is 15.0 Å². The Labute approximate surface area is 67.8 Å². The number of nitrogen functional groups attached to an aromatic ring is 1. The van der Waals surface area contributed by atoms with Crippen molar-refractivity contribution >= 4 is 29.8 Å². The van der Waals surface area contributed by atoms with E-state index in [0.717, 1.165) is 0 Å². The highest BCUT2D eigenvalue weighted by molar-refractivity contribution is 7.51. The van der Waals surface area contributed by atoms with Gasteiger partial charge in [0.1, 0.15) is 0 Å². The summed E-state index contributed by atoms with van der Waals surface area (Å²) >= 11 is 4.83. The van der Waals surface area contributed by atoms with E-state index in [1.165, 1.54) is 16.6 Å². The summed E-state index contributed by atoms with van der Waals surface area (Å²) in [6, 6.07) is 0. The highest BCUT2D eigenvalue weighted by Gasteiger charge is 2.06.